The van der Waals surface area contributed by atoms with E-state index in [2.05, 4.69) is 12.1 Å². The zero-order valence-corrected chi connectivity index (χ0v) is 22.1. The molecule has 1 aliphatic carbocycles. The zero-order chi connectivity index (χ0) is 27.8. The Kier molecular flexibility index (Phi) is 9.57. The Labute approximate surface area is 226 Å². The lowest BCUT2D eigenvalue weighted by Crippen LogP contribution is -2.14. The Balaban J connectivity index is 1.70. The van der Waals surface area contributed by atoms with Crippen molar-refractivity contribution in [2.24, 2.45) is 5.16 Å². The van der Waals surface area contributed by atoms with E-state index in [0.717, 1.165) is 61.9 Å². The Bertz CT molecular complexity index is 1350. The number of hydrogen-bond acceptors (Lipinski definition) is 5. The largest absolute Gasteiger partial charge is 0.396 e. The number of benzene rings is 2. The van der Waals surface area contributed by atoms with Gasteiger partial charge in [-0.1, -0.05) is 49.5 Å². The highest BCUT2D eigenvalue weighted by molar-refractivity contribution is 5.99. The summed E-state index contributed by atoms with van der Waals surface area (Å²) in [6, 6.07) is 12.0. The van der Waals surface area contributed by atoms with Crippen molar-refractivity contribution < 1.29 is 23.3 Å². The Morgan fingerprint density at radius 2 is 1.92 bits per heavy atom. The minimum atomic E-state index is -0.934. The van der Waals surface area contributed by atoms with Crippen LogP contribution in [-0.2, 0) is 17.8 Å². The molecule has 1 saturated carbocycles. The molecule has 0 atom stereocenters. The molecule has 3 aromatic rings. The van der Waals surface area contributed by atoms with Gasteiger partial charge in [0.2, 0.25) is 0 Å². The number of Topliss-reactive ketones (excluding diaryl/α,β-unsaturated/α-hetero) is 1. The predicted molar refractivity (Wildman–Crippen MR) is 145 cm³/mol. The van der Waals surface area contributed by atoms with Crippen molar-refractivity contribution in [2.75, 3.05) is 6.61 Å². The number of ketones is 1. The Hall–Kier alpha value is -3.88. The van der Waals surface area contributed by atoms with E-state index in [0.29, 0.717) is 30.0 Å². The number of oxime groups is 1. The van der Waals surface area contributed by atoms with Crippen molar-refractivity contribution in [3.05, 3.63) is 98.4 Å². The molecule has 0 N–H and O–H groups in total. The van der Waals surface area contributed by atoms with Crippen LogP contribution in [0.5, 0.6) is 0 Å². The fourth-order valence-corrected chi connectivity index (χ4v) is 5.12. The number of hydrogen-bond donors (Lipinski definition) is 0. The van der Waals surface area contributed by atoms with Gasteiger partial charge in [0.15, 0.2) is 17.4 Å². The van der Waals surface area contributed by atoms with Gasteiger partial charge in [0.05, 0.1) is 16.8 Å². The van der Waals surface area contributed by atoms with Crippen LogP contribution in [0.2, 0.25) is 0 Å². The number of rotatable bonds is 13. The van der Waals surface area contributed by atoms with Gasteiger partial charge in [-0.15, -0.1) is 0 Å². The molecule has 1 aliphatic rings. The molecule has 1 heterocycles. The summed E-state index contributed by atoms with van der Waals surface area (Å²) in [5.74, 6) is -1.79. The van der Waals surface area contributed by atoms with Crippen LogP contribution in [0.3, 0.4) is 0 Å². The van der Waals surface area contributed by atoms with Crippen LogP contribution in [0.4, 0.5) is 14.5 Å². The van der Waals surface area contributed by atoms with Crippen molar-refractivity contribution in [3.63, 3.8) is 0 Å². The number of nitrogens with zero attached hydrogens (tertiary/aromatic N) is 3. The van der Waals surface area contributed by atoms with Gasteiger partial charge in [-0.2, -0.15) is 0 Å². The minimum Gasteiger partial charge on any atom is -0.396 e. The Morgan fingerprint density at radius 1 is 1.13 bits per heavy atom. The van der Waals surface area contributed by atoms with Crippen LogP contribution < -0.4 is 0 Å². The molecular formula is C30H33F2N3O4. The predicted octanol–water partition coefficient (Wildman–Crippen LogP) is 7.35. The third kappa shape index (κ3) is 7.16. The number of aromatic nitrogens is 1. The topological polar surface area (TPSA) is 86.7 Å². The standard InChI is InChI=1S/C30H33F2N3O4/c1-2-3-15-39-33-19-25-18-26(29(36)14-12-21-11-13-27(31)28(32)17-21)30(23-8-4-5-9-23)34(25)20-22-7-6-10-24(16-22)35(37)38/h6-7,10-11,13,16-19,23H,2-5,8-9,12,14-15,20H2,1H3/b33-19-. The molecule has 0 aliphatic heterocycles. The summed E-state index contributed by atoms with van der Waals surface area (Å²) in [7, 11) is 0. The van der Waals surface area contributed by atoms with Crippen LogP contribution in [0.15, 0.2) is 53.7 Å². The zero-order valence-electron chi connectivity index (χ0n) is 22.1. The molecule has 206 valence electrons. The molecule has 0 saturated heterocycles. The van der Waals surface area contributed by atoms with Crippen molar-refractivity contribution in [3.8, 4) is 0 Å². The summed E-state index contributed by atoms with van der Waals surface area (Å²) in [4.78, 5) is 29.9. The maximum Gasteiger partial charge on any atom is 0.269 e. The first kappa shape index (κ1) is 28.1. The van der Waals surface area contributed by atoms with E-state index in [1.54, 1.807) is 18.3 Å². The van der Waals surface area contributed by atoms with Gasteiger partial charge in [-0.05, 0) is 60.9 Å². The fraction of sp³-hybridized carbons (Fsp3) is 0.400. The smallest absolute Gasteiger partial charge is 0.269 e. The number of carbonyl (C=O) groups excluding carboxylic acids is 1. The lowest BCUT2D eigenvalue weighted by Gasteiger charge is -2.18. The van der Waals surface area contributed by atoms with Crippen LogP contribution in [0.25, 0.3) is 0 Å². The highest BCUT2D eigenvalue weighted by Crippen LogP contribution is 2.38. The van der Waals surface area contributed by atoms with E-state index in [9.17, 15) is 23.7 Å². The van der Waals surface area contributed by atoms with Crippen LogP contribution in [-0.4, -0.2) is 28.1 Å². The van der Waals surface area contributed by atoms with Crippen molar-refractivity contribution in [1.82, 2.24) is 4.57 Å². The van der Waals surface area contributed by atoms with Crippen molar-refractivity contribution in [2.45, 2.75) is 70.8 Å². The van der Waals surface area contributed by atoms with Crippen LogP contribution in [0, 0.1) is 21.7 Å². The number of carbonyl (C=O) groups is 1. The molecule has 1 aromatic heterocycles. The molecule has 0 bridgehead atoms. The van der Waals surface area contributed by atoms with Crippen LogP contribution >= 0.6 is 0 Å². The normalized spacial score (nSPS) is 13.8. The first-order valence-electron chi connectivity index (χ1n) is 13.5. The summed E-state index contributed by atoms with van der Waals surface area (Å²) >= 11 is 0. The third-order valence-corrected chi connectivity index (χ3v) is 7.15. The SMILES string of the molecule is CCCCO/N=C\c1cc(C(=O)CCc2ccc(F)c(F)c2)c(C2CCCC2)n1Cc1cccc([N+](=O)[O-])c1. The average Bonchev–Trinajstić information content (AvgIpc) is 3.57. The second kappa shape index (κ2) is 13.3. The number of halogens is 2. The van der Waals surface area contributed by atoms with E-state index < -0.39 is 16.6 Å². The number of aryl methyl sites for hydroxylation is 1. The van der Waals surface area contributed by atoms with Crippen molar-refractivity contribution in [1.29, 1.82) is 0 Å². The van der Waals surface area contributed by atoms with E-state index in [4.69, 9.17) is 4.84 Å². The van der Waals surface area contributed by atoms with E-state index in [1.165, 1.54) is 12.1 Å². The summed E-state index contributed by atoms with van der Waals surface area (Å²) < 4.78 is 29.1. The summed E-state index contributed by atoms with van der Waals surface area (Å²) in [6.45, 7) is 2.87. The van der Waals surface area contributed by atoms with Crippen molar-refractivity contribution >= 4 is 17.7 Å². The molecule has 7 nitrogen and oxygen atoms in total. The summed E-state index contributed by atoms with van der Waals surface area (Å²) in [6.07, 6.45) is 7.83. The maximum absolute atomic E-state index is 13.7. The van der Waals surface area contributed by atoms with E-state index >= 15 is 0 Å². The monoisotopic (exact) mass is 537 g/mol. The number of non-ortho nitro benzene ring substituents is 1. The number of nitro benzene ring substituents is 1. The maximum atomic E-state index is 13.7. The highest BCUT2D eigenvalue weighted by atomic mass is 19.2. The lowest BCUT2D eigenvalue weighted by molar-refractivity contribution is -0.384. The third-order valence-electron chi connectivity index (χ3n) is 7.15. The molecule has 0 amide bonds. The molecular weight excluding hydrogens is 504 g/mol. The second-order valence-electron chi connectivity index (χ2n) is 9.96. The first-order chi connectivity index (χ1) is 18.9. The van der Waals surface area contributed by atoms with E-state index in [1.807, 2.05) is 16.7 Å². The van der Waals surface area contributed by atoms with Gasteiger partial charge in [0.1, 0.15) is 6.61 Å². The average molecular weight is 538 g/mol. The molecule has 39 heavy (non-hydrogen) atoms. The molecule has 4 rings (SSSR count). The molecule has 1 fully saturated rings. The van der Waals surface area contributed by atoms with Gasteiger partial charge in [-0.3, -0.25) is 14.9 Å². The van der Waals surface area contributed by atoms with E-state index in [-0.39, 0.29) is 30.2 Å². The fourth-order valence-electron chi connectivity index (χ4n) is 5.12. The van der Waals surface area contributed by atoms with Gasteiger partial charge in [-0.25, -0.2) is 8.78 Å². The second-order valence-corrected chi connectivity index (χ2v) is 9.96. The van der Waals surface area contributed by atoms with Gasteiger partial charge >= 0.3 is 0 Å². The van der Waals surface area contributed by atoms with Gasteiger partial charge in [0.25, 0.3) is 5.69 Å². The molecule has 0 spiro atoms. The summed E-state index contributed by atoms with van der Waals surface area (Å²) in [5.41, 5.74) is 3.43. The summed E-state index contributed by atoms with van der Waals surface area (Å²) in [5, 5.41) is 15.5. The molecule has 2 aromatic carbocycles. The quantitative estimate of drug-likeness (QED) is 0.0750. The minimum absolute atomic E-state index is 0.00279. The highest BCUT2D eigenvalue weighted by Gasteiger charge is 2.28. The molecule has 9 heteroatoms. The first-order valence-corrected chi connectivity index (χ1v) is 13.5. The van der Waals surface area contributed by atoms with Gasteiger partial charge in [0, 0.05) is 36.4 Å². The number of unbranched alkanes of at least 4 members (excludes halogenated alkanes) is 1. The number of nitro groups is 1. The molecule has 0 unspecified atom stereocenters. The Morgan fingerprint density at radius 3 is 2.64 bits per heavy atom. The lowest BCUT2D eigenvalue weighted by atomic mass is 9.95. The molecule has 0 radical (unpaired) electrons. The van der Waals surface area contributed by atoms with Crippen LogP contribution in [0.1, 0.15) is 90.7 Å². The van der Waals surface area contributed by atoms with Gasteiger partial charge < -0.3 is 9.40 Å².